The van der Waals surface area contributed by atoms with Crippen LogP contribution in [0.2, 0.25) is 0 Å². The monoisotopic (exact) mass is 270 g/mol. The largest absolute Gasteiger partial charge is 0.469 e. The van der Waals surface area contributed by atoms with E-state index in [4.69, 9.17) is 4.42 Å². The summed E-state index contributed by atoms with van der Waals surface area (Å²) in [6.45, 7) is 0.982. The maximum absolute atomic E-state index is 5.54. The van der Waals surface area contributed by atoms with Crippen LogP contribution in [0.5, 0.6) is 0 Å². The Balaban J connectivity index is 1.70. The van der Waals surface area contributed by atoms with E-state index < -0.39 is 0 Å². The normalized spacial score (nSPS) is 18.1. The van der Waals surface area contributed by atoms with Crippen LogP contribution in [0.3, 0.4) is 0 Å². The molecule has 106 valence electrons. The fourth-order valence-electron chi connectivity index (χ4n) is 2.91. The van der Waals surface area contributed by atoms with Gasteiger partial charge >= 0.3 is 0 Å². The van der Waals surface area contributed by atoms with Crippen LogP contribution in [-0.2, 0) is 13.0 Å². The van der Waals surface area contributed by atoms with Gasteiger partial charge in [-0.2, -0.15) is 0 Å². The maximum Gasteiger partial charge on any atom is 0.109 e. The lowest BCUT2D eigenvalue weighted by molar-refractivity contribution is 0.402. The molecular weight excluding hydrogens is 248 g/mol. The molecule has 3 rings (SSSR count). The number of nitrogens with zero attached hydrogens (tertiary/aromatic N) is 1. The van der Waals surface area contributed by atoms with Crippen LogP contribution in [0.1, 0.15) is 35.8 Å². The molecule has 1 aromatic heterocycles. The minimum Gasteiger partial charge on any atom is -0.469 e. The molecule has 1 aliphatic rings. The van der Waals surface area contributed by atoms with Crippen LogP contribution in [0.4, 0.5) is 5.69 Å². The van der Waals surface area contributed by atoms with Crippen LogP contribution in [-0.4, -0.2) is 19.0 Å². The second-order valence-corrected chi connectivity index (χ2v) is 5.82. The molecule has 1 aliphatic carbocycles. The summed E-state index contributed by atoms with van der Waals surface area (Å²) in [7, 11) is 4.18. The average molecular weight is 270 g/mol. The third-order valence-corrected chi connectivity index (χ3v) is 3.85. The Bertz CT molecular complexity index is 557. The van der Waals surface area contributed by atoms with Crippen LogP contribution < -0.4 is 5.32 Å². The number of benzene rings is 1. The highest BCUT2D eigenvalue weighted by atomic mass is 16.3. The number of furan rings is 1. The van der Waals surface area contributed by atoms with E-state index in [2.05, 4.69) is 54.6 Å². The molecule has 20 heavy (non-hydrogen) atoms. The van der Waals surface area contributed by atoms with Crippen molar-refractivity contribution in [3.8, 4) is 0 Å². The van der Waals surface area contributed by atoms with E-state index in [9.17, 15) is 0 Å². The molecule has 1 aromatic carbocycles. The fourth-order valence-corrected chi connectivity index (χ4v) is 2.91. The SMILES string of the molecule is CN(C)Cc1ccc(NC2CCCc3occc32)cc1. The van der Waals surface area contributed by atoms with Crippen molar-refractivity contribution in [3.63, 3.8) is 0 Å². The van der Waals surface area contributed by atoms with E-state index in [-0.39, 0.29) is 0 Å². The van der Waals surface area contributed by atoms with Crippen molar-refractivity contribution in [1.82, 2.24) is 4.90 Å². The Kier molecular flexibility index (Phi) is 3.79. The third-order valence-electron chi connectivity index (χ3n) is 3.85. The van der Waals surface area contributed by atoms with Crippen molar-refractivity contribution in [3.05, 3.63) is 53.5 Å². The predicted molar refractivity (Wildman–Crippen MR) is 81.8 cm³/mol. The standard InChI is InChI=1S/C17H22N2O/c1-19(2)12-13-6-8-14(9-7-13)18-16-4-3-5-17-15(16)10-11-20-17/h6-11,16,18H,3-5,12H2,1-2H3. The van der Waals surface area contributed by atoms with Crippen molar-refractivity contribution in [2.45, 2.75) is 31.8 Å². The van der Waals surface area contributed by atoms with Gasteiger partial charge in [0.15, 0.2) is 0 Å². The fraction of sp³-hybridized carbons (Fsp3) is 0.412. The third kappa shape index (κ3) is 2.88. The highest BCUT2D eigenvalue weighted by Crippen LogP contribution is 2.33. The molecular formula is C17H22N2O. The Morgan fingerprint density at radius 2 is 2.00 bits per heavy atom. The molecule has 0 saturated carbocycles. The second-order valence-electron chi connectivity index (χ2n) is 5.82. The van der Waals surface area contributed by atoms with Gasteiger partial charge in [-0.1, -0.05) is 12.1 Å². The summed E-state index contributed by atoms with van der Waals surface area (Å²) in [4.78, 5) is 2.18. The molecule has 0 aliphatic heterocycles. The average Bonchev–Trinajstić information content (AvgIpc) is 2.90. The summed E-state index contributed by atoms with van der Waals surface area (Å²) in [6, 6.07) is 11.2. The number of rotatable bonds is 4. The summed E-state index contributed by atoms with van der Waals surface area (Å²) < 4.78 is 5.54. The first-order valence-electron chi connectivity index (χ1n) is 7.29. The molecule has 0 bridgehead atoms. The van der Waals surface area contributed by atoms with E-state index in [0.29, 0.717) is 6.04 Å². The van der Waals surface area contributed by atoms with Crippen molar-refractivity contribution in [2.24, 2.45) is 0 Å². The van der Waals surface area contributed by atoms with Gasteiger partial charge in [0.25, 0.3) is 0 Å². The van der Waals surface area contributed by atoms with Crippen LogP contribution in [0, 0.1) is 0 Å². The maximum atomic E-state index is 5.54. The van der Waals surface area contributed by atoms with Crippen LogP contribution in [0.25, 0.3) is 0 Å². The van der Waals surface area contributed by atoms with Gasteiger partial charge in [-0.15, -0.1) is 0 Å². The summed E-state index contributed by atoms with van der Waals surface area (Å²) in [5.41, 5.74) is 3.85. The van der Waals surface area contributed by atoms with Crippen molar-refractivity contribution in [2.75, 3.05) is 19.4 Å². The van der Waals surface area contributed by atoms with Gasteiger partial charge in [-0.05, 0) is 50.7 Å². The van der Waals surface area contributed by atoms with Crippen molar-refractivity contribution in [1.29, 1.82) is 0 Å². The highest BCUT2D eigenvalue weighted by molar-refractivity contribution is 5.47. The number of fused-ring (bicyclic) bond motifs is 1. The number of anilines is 1. The number of hydrogen-bond acceptors (Lipinski definition) is 3. The van der Waals surface area contributed by atoms with Gasteiger partial charge in [0.2, 0.25) is 0 Å². The van der Waals surface area contributed by atoms with Gasteiger partial charge in [-0.25, -0.2) is 0 Å². The molecule has 0 fully saturated rings. The molecule has 0 spiro atoms. The minimum atomic E-state index is 0.386. The number of nitrogens with one attached hydrogen (secondary N) is 1. The molecule has 2 aromatic rings. The summed E-state index contributed by atoms with van der Waals surface area (Å²) in [5.74, 6) is 1.15. The molecule has 0 radical (unpaired) electrons. The smallest absolute Gasteiger partial charge is 0.109 e. The Morgan fingerprint density at radius 3 is 2.75 bits per heavy atom. The van der Waals surface area contributed by atoms with Crippen molar-refractivity contribution >= 4 is 5.69 Å². The van der Waals surface area contributed by atoms with E-state index in [1.807, 2.05) is 6.26 Å². The van der Waals surface area contributed by atoms with E-state index in [0.717, 1.165) is 18.7 Å². The minimum absolute atomic E-state index is 0.386. The zero-order valence-corrected chi connectivity index (χ0v) is 12.2. The molecule has 1 atom stereocenters. The molecule has 1 heterocycles. The van der Waals surface area contributed by atoms with Gasteiger partial charge in [0.1, 0.15) is 5.76 Å². The lowest BCUT2D eigenvalue weighted by Crippen LogP contribution is -2.16. The molecule has 0 amide bonds. The number of hydrogen-bond donors (Lipinski definition) is 1. The summed E-state index contributed by atoms with van der Waals surface area (Å²) >= 11 is 0. The predicted octanol–water partition coefficient (Wildman–Crippen LogP) is 3.83. The van der Waals surface area contributed by atoms with Gasteiger partial charge in [0.05, 0.1) is 12.3 Å². The van der Waals surface area contributed by atoms with Gasteiger partial charge < -0.3 is 14.6 Å². The molecule has 1 unspecified atom stereocenters. The Labute approximate surface area is 120 Å². The molecule has 3 heteroatoms. The highest BCUT2D eigenvalue weighted by Gasteiger charge is 2.22. The van der Waals surface area contributed by atoms with E-state index in [1.165, 1.54) is 29.7 Å². The number of aryl methyl sites for hydroxylation is 1. The lowest BCUT2D eigenvalue weighted by Gasteiger charge is -2.24. The topological polar surface area (TPSA) is 28.4 Å². The summed E-state index contributed by atoms with van der Waals surface area (Å²) in [5, 5.41) is 3.63. The van der Waals surface area contributed by atoms with Crippen LogP contribution in [0.15, 0.2) is 41.0 Å². The first-order valence-corrected chi connectivity index (χ1v) is 7.29. The van der Waals surface area contributed by atoms with Gasteiger partial charge in [0, 0.05) is 24.2 Å². The summed E-state index contributed by atoms with van der Waals surface area (Å²) in [6.07, 6.45) is 5.25. The first-order chi connectivity index (χ1) is 9.72. The lowest BCUT2D eigenvalue weighted by atomic mass is 9.93. The molecule has 3 nitrogen and oxygen atoms in total. The zero-order valence-electron chi connectivity index (χ0n) is 12.2. The van der Waals surface area contributed by atoms with E-state index in [1.54, 1.807) is 0 Å². The zero-order chi connectivity index (χ0) is 13.9. The van der Waals surface area contributed by atoms with Gasteiger partial charge in [-0.3, -0.25) is 0 Å². The second kappa shape index (κ2) is 5.71. The van der Waals surface area contributed by atoms with Crippen LogP contribution >= 0.6 is 0 Å². The quantitative estimate of drug-likeness (QED) is 0.915. The first kappa shape index (κ1) is 13.3. The molecule has 1 N–H and O–H groups in total. The van der Waals surface area contributed by atoms with E-state index >= 15 is 0 Å². The Morgan fingerprint density at radius 1 is 1.20 bits per heavy atom. The Hall–Kier alpha value is -1.74. The molecule has 0 saturated heterocycles. The van der Waals surface area contributed by atoms with Crippen molar-refractivity contribution < 1.29 is 4.42 Å².